The van der Waals surface area contributed by atoms with E-state index >= 15 is 0 Å². The third kappa shape index (κ3) is 3.79. The standard InChI is InChI=1S/C10H20N4O2S/c1-4-7-14(9-8-13(2)3)17(15,16)10-5-6-11-12-10/h5-6H,4,7-9H2,1-3H3,(H,11,12). The van der Waals surface area contributed by atoms with Gasteiger partial charge in [-0.25, -0.2) is 8.42 Å². The van der Waals surface area contributed by atoms with Crippen molar-refractivity contribution in [3.05, 3.63) is 12.3 Å². The van der Waals surface area contributed by atoms with E-state index in [0.29, 0.717) is 19.6 Å². The highest BCUT2D eigenvalue weighted by molar-refractivity contribution is 7.89. The maximum Gasteiger partial charge on any atom is 0.260 e. The summed E-state index contributed by atoms with van der Waals surface area (Å²) in [6.45, 7) is 3.68. The maximum atomic E-state index is 12.2. The molecule has 0 unspecified atom stereocenters. The SMILES string of the molecule is CCCN(CCN(C)C)S(=O)(=O)c1ccn[nH]1. The van der Waals surface area contributed by atoms with Crippen LogP contribution < -0.4 is 0 Å². The Morgan fingerprint density at radius 3 is 2.47 bits per heavy atom. The number of nitrogens with zero attached hydrogens (tertiary/aromatic N) is 3. The molecule has 0 radical (unpaired) electrons. The molecule has 1 aromatic heterocycles. The minimum Gasteiger partial charge on any atom is -0.308 e. The molecule has 0 saturated carbocycles. The van der Waals surface area contributed by atoms with Gasteiger partial charge in [0.15, 0.2) is 5.03 Å². The molecule has 0 aromatic carbocycles. The number of sulfonamides is 1. The molecular weight excluding hydrogens is 240 g/mol. The number of rotatable bonds is 7. The van der Waals surface area contributed by atoms with Crippen molar-refractivity contribution in [3.8, 4) is 0 Å². The van der Waals surface area contributed by atoms with E-state index in [9.17, 15) is 8.42 Å². The highest BCUT2D eigenvalue weighted by atomic mass is 32.2. The van der Waals surface area contributed by atoms with Crippen molar-refractivity contribution in [1.82, 2.24) is 19.4 Å². The Morgan fingerprint density at radius 2 is 2.00 bits per heavy atom. The van der Waals surface area contributed by atoms with Gasteiger partial charge in [-0.15, -0.1) is 0 Å². The quantitative estimate of drug-likeness (QED) is 0.769. The summed E-state index contributed by atoms with van der Waals surface area (Å²) in [4.78, 5) is 1.96. The van der Waals surface area contributed by atoms with Gasteiger partial charge in [-0.3, -0.25) is 5.10 Å². The molecule has 98 valence electrons. The second-order valence-corrected chi connectivity index (χ2v) is 6.03. The van der Waals surface area contributed by atoms with Crippen molar-refractivity contribution in [2.75, 3.05) is 33.7 Å². The predicted octanol–water partition coefficient (Wildman–Crippen LogP) is 0.372. The lowest BCUT2D eigenvalue weighted by atomic mass is 10.4. The molecule has 0 atom stereocenters. The van der Waals surface area contributed by atoms with Gasteiger partial charge < -0.3 is 4.90 Å². The van der Waals surface area contributed by atoms with Gasteiger partial charge in [0.25, 0.3) is 10.0 Å². The fraction of sp³-hybridized carbons (Fsp3) is 0.700. The molecule has 1 aromatic rings. The van der Waals surface area contributed by atoms with Crippen LogP contribution in [0.1, 0.15) is 13.3 Å². The van der Waals surface area contributed by atoms with Crippen LogP contribution in [0, 0.1) is 0 Å². The highest BCUT2D eigenvalue weighted by Crippen LogP contribution is 2.12. The molecular formula is C10H20N4O2S. The summed E-state index contributed by atoms with van der Waals surface area (Å²) in [5.74, 6) is 0. The summed E-state index contributed by atoms with van der Waals surface area (Å²) in [6, 6.07) is 1.48. The Kier molecular flexibility index (Phi) is 5.10. The van der Waals surface area contributed by atoms with Gasteiger partial charge >= 0.3 is 0 Å². The lowest BCUT2D eigenvalue weighted by Gasteiger charge is -2.22. The molecule has 0 saturated heterocycles. The van der Waals surface area contributed by atoms with E-state index in [1.54, 1.807) is 0 Å². The number of nitrogens with one attached hydrogen (secondary N) is 1. The highest BCUT2D eigenvalue weighted by Gasteiger charge is 2.24. The second kappa shape index (κ2) is 6.13. The van der Waals surface area contributed by atoms with Gasteiger partial charge in [-0.2, -0.15) is 9.40 Å². The van der Waals surface area contributed by atoms with Crippen molar-refractivity contribution in [3.63, 3.8) is 0 Å². The summed E-state index contributed by atoms with van der Waals surface area (Å²) >= 11 is 0. The summed E-state index contributed by atoms with van der Waals surface area (Å²) in [6.07, 6.45) is 2.24. The van der Waals surface area contributed by atoms with Crippen molar-refractivity contribution in [1.29, 1.82) is 0 Å². The molecule has 0 aliphatic carbocycles. The lowest BCUT2D eigenvalue weighted by molar-refractivity contribution is 0.332. The molecule has 1 heterocycles. The van der Waals surface area contributed by atoms with Crippen molar-refractivity contribution >= 4 is 10.0 Å². The van der Waals surface area contributed by atoms with Crippen molar-refractivity contribution in [2.45, 2.75) is 18.4 Å². The van der Waals surface area contributed by atoms with Crippen LogP contribution >= 0.6 is 0 Å². The zero-order valence-corrected chi connectivity index (χ0v) is 11.4. The minimum absolute atomic E-state index is 0.157. The Bertz CT molecular complexity index is 414. The molecule has 0 fully saturated rings. The molecule has 1 N–H and O–H groups in total. The van der Waals surface area contributed by atoms with Crippen LogP contribution in [0.2, 0.25) is 0 Å². The fourth-order valence-corrected chi connectivity index (χ4v) is 2.86. The summed E-state index contributed by atoms with van der Waals surface area (Å²) < 4.78 is 26.0. The van der Waals surface area contributed by atoms with Gasteiger partial charge in [-0.1, -0.05) is 6.92 Å². The van der Waals surface area contributed by atoms with E-state index in [1.165, 1.54) is 16.6 Å². The predicted molar refractivity (Wildman–Crippen MR) is 66.2 cm³/mol. The van der Waals surface area contributed by atoms with E-state index < -0.39 is 10.0 Å². The number of H-pyrrole nitrogens is 1. The summed E-state index contributed by atoms with van der Waals surface area (Å²) in [5, 5.41) is 6.35. The van der Waals surface area contributed by atoms with E-state index in [-0.39, 0.29) is 5.03 Å². The van der Waals surface area contributed by atoms with Crippen LogP contribution in [0.25, 0.3) is 0 Å². The van der Waals surface area contributed by atoms with Crippen molar-refractivity contribution in [2.24, 2.45) is 0 Å². The first-order valence-electron chi connectivity index (χ1n) is 5.62. The molecule has 0 bridgehead atoms. The largest absolute Gasteiger partial charge is 0.308 e. The van der Waals surface area contributed by atoms with E-state index in [0.717, 1.165) is 6.42 Å². The van der Waals surface area contributed by atoms with Gasteiger partial charge in [-0.05, 0) is 26.6 Å². The molecule has 7 heteroatoms. The molecule has 17 heavy (non-hydrogen) atoms. The van der Waals surface area contributed by atoms with E-state index in [2.05, 4.69) is 10.2 Å². The Hall–Kier alpha value is -0.920. The topological polar surface area (TPSA) is 69.3 Å². The van der Waals surface area contributed by atoms with E-state index in [1.807, 2.05) is 25.9 Å². The number of hydrogen-bond donors (Lipinski definition) is 1. The molecule has 0 spiro atoms. The van der Waals surface area contributed by atoms with E-state index in [4.69, 9.17) is 0 Å². The van der Waals surface area contributed by atoms with Crippen LogP contribution in [0.4, 0.5) is 0 Å². The second-order valence-electron chi connectivity index (χ2n) is 4.13. The van der Waals surface area contributed by atoms with Gasteiger partial charge in [0, 0.05) is 19.6 Å². The Labute approximate surface area is 103 Å². The van der Waals surface area contributed by atoms with Gasteiger partial charge in [0.05, 0.1) is 6.20 Å². The molecule has 0 aliphatic rings. The molecule has 0 aliphatic heterocycles. The number of hydrogen-bond acceptors (Lipinski definition) is 4. The van der Waals surface area contributed by atoms with Gasteiger partial charge in [0.1, 0.15) is 0 Å². The first kappa shape index (κ1) is 14.1. The average molecular weight is 260 g/mol. The number of aromatic amines is 1. The third-order valence-electron chi connectivity index (χ3n) is 2.36. The van der Waals surface area contributed by atoms with Gasteiger partial charge in [0.2, 0.25) is 0 Å². The monoisotopic (exact) mass is 260 g/mol. The molecule has 6 nitrogen and oxygen atoms in total. The smallest absolute Gasteiger partial charge is 0.260 e. The van der Waals surface area contributed by atoms with Crippen LogP contribution in [-0.4, -0.2) is 61.5 Å². The van der Waals surface area contributed by atoms with Crippen LogP contribution in [0.3, 0.4) is 0 Å². The molecule has 1 rings (SSSR count). The lowest BCUT2D eigenvalue weighted by Crippen LogP contribution is -2.37. The number of aromatic nitrogens is 2. The summed E-state index contributed by atoms with van der Waals surface area (Å²) in [5.41, 5.74) is 0. The zero-order valence-electron chi connectivity index (χ0n) is 10.5. The minimum atomic E-state index is -3.43. The van der Waals surface area contributed by atoms with Crippen LogP contribution in [0.5, 0.6) is 0 Å². The van der Waals surface area contributed by atoms with Crippen LogP contribution in [-0.2, 0) is 10.0 Å². The first-order valence-corrected chi connectivity index (χ1v) is 7.06. The Balaban J connectivity index is 2.82. The average Bonchev–Trinajstić information content (AvgIpc) is 2.77. The van der Waals surface area contributed by atoms with Crippen LogP contribution in [0.15, 0.2) is 17.3 Å². The normalized spacial score (nSPS) is 12.5. The zero-order chi connectivity index (χ0) is 12.9. The fourth-order valence-electron chi connectivity index (χ4n) is 1.44. The molecule has 0 amide bonds. The van der Waals surface area contributed by atoms with Crippen molar-refractivity contribution < 1.29 is 8.42 Å². The third-order valence-corrected chi connectivity index (χ3v) is 4.19. The first-order chi connectivity index (χ1) is 7.98. The number of likely N-dealkylation sites (N-methyl/N-ethyl adjacent to an activating group) is 1. The summed E-state index contributed by atoms with van der Waals surface area (Å²) in [7, 11) is 0.420. The Morgan fingerprint density at radius 1 is 1.29 bits per heavy atom. The maximum absolute atomic E-state index is 12.2.